The fourth-order valence-electron chi connectivity index (χ4n) is 5.14. The molecule has 1 aromatic carbocycles. The first kappa shape index (κ1) is 21.1. The average molecular weight is 468 g/mol. The Morgan fingerprint density at radius 1 is 1.23 bits per heavy atom. The van der Waals surface area contributed by atoms with Gasteiger partial charge in [0.05, 0.1) is 18.5 Å². The summed E-state index contributed by atoms with van der Waals surface area (Å²) in [6.45, 7) is 2.48. The molecule has 3 aromatic heterocycles. The van der Waals surface area contributed by atoms with Crippen LogP contribution < -0.4 is 15.2 Å². The maximum Gasteiger partial charge on any atom is 0.213 e. The highest BCUT2D eigenvalue weighted by molar-refractivity contribution is 5.77. The van der Waals surface area contributed by atoms with Crippen molar-refractivity contribution in [2.24, 2.45) is 0 Å². The Morgan fingerprint density at radius 3 is 2.89 bits per heavy atom. The van der Waals surface area contributed by atoms with Gasteiger partial charge in [0.25, 0.3) is 0 Å². The zero-order valence-electron chi connectivity index (χ0n) is 19.1. The Bertz CT molecular complexity index is 1540. The van der Waals surface area contributed by atoms with Crippen molar-refractivity contribution in [3.8, 4) is 40.1 Å². The topological polar surface area (TPSA) is 112 Å². The van der Waals surface area contributed by atoms with E-state index in [-0.39, 0.29) is 17.6 Å². The summed E-state index contributed by atoms with van der Waals surface area (Å²) in [6, 6.07) is 12.4. The van der Waals surface area contributed by atoms with Crippen molar-refractivity contribution in [2.45, 2.75) is 31.9 Å². The van der Waals surface area contributed by atoms with E-state index in [1.807, 2.05) is 23.7 Å². The van der Waals surface area contributed by atoms with Crippen LogP contribution in [-0.4, -0.2) is 26.9 Å². The molecule has 0 saturated carbocycles. The van der Waals surface area contributed by atoms with Crippen molar-refractivity contribution in [2.75, 3.05) is 12.8 Å². The second-order valence-corrected chi connectivity index (χ2v) is 8.68. The lowest BCUT2D eigenvalue weighted by atomic mass is 9.86. The summed E-state index contributed by atoms with van der Waals surface area (Å²) in [5.41, 5.74) is 11.8. The molecule has 9 heteroatoms. The third-order valence-corrected chi connectivity index (χ3v) is 6.72. The Balaban J connectivity index is 1.72. The number of fused-ring (bicyclic) bond motifs is 7. The van der Waals surface area contributed by atoms with Crippen LogP contribution in [0, 0.1) is 17.1 Å². The van der Waals surface area contributed by atoms with Gasteiger partial charge in [-0.3, -0.25) is 4.68 Å². The van der Waals surface area contributed by atoms with Gasteiger partial charge in [-0.25, -0.2) is 14.4 Å². The molecule has 2 bridgehead atoms. The third kappa shape index (κ3) is 3.21. The third-order valence-electron chi connectivity index (χ3n) is 6.72. The molecule has 8 nitrogen and oxygen atoms in total. The van der Waals surface area contributed by atoms with E-state index in [4.69, 9.17) is 20.2 Å². The first-order valence-corrected chi connectivity index (χ1v) is 11.3. The second-order valence-electron chi connectivity index (χ2n) is 8.68. The second kappa shape index (κ2) is 7.81. The van der Waals surface area contributed by atoms with Crippen LogP contribution in [0.15, 0.2) is 42.6 Å². The van der Waals surface area contributed by atoms with Gasteiger partial charge in [0, 0.05) is 47.0 Å². The van der Waals surface area contributed by atoms with Crippen molar-refractivity contribution >= 4 is 5.82 Å². The number of hydrogen-bond acceptors (Lipinski definition) is 7. The van der Waals surface area contributed by atoms with Gasteiger partial charge < -0.3 is 15.2 Å². The van der Waals surface area contributed by atoms with E-state index in [1.165, 1.54) is 12.1 Å². The molecule has 0 aliphatic carbocycles. The van der Waals surface area contributed by atoms with Crippen LogP contribution in [0.3, 0.4) is 0 Å². The summed E-state index contributed by atoms with van der Waals surface area (Å²) >= 11 is 0. The first-order valence-electron chi connectivity index (χ1n) is 11.3. The number of rotatable bonds is 1. The van der Waals surface area contributed by atoms with Gasteiger partial charge in [-0.1, -0.05) is 6.07 Å². The van der Waals surface area contributed by atoms with Crippen LogP contribution in [0.1, 0.15) is 47.9 Å². The zero-order chi connectivity index (χ0) is 24.3. The smallest absolute Gasteiger partial charge is 0.213 e. The Labute approximate surface area is 200 Å². The molecule has 0 saturated heterocycles. The number of anilines is 1. The van der Waals surface area contributed by atoms with Gasteiger partial charge in [-0.15, -0.1) is 0 Å². The number of methoxy groups -OCH3 is 1. The lowest BCUT2D eigenvalue weighted by Gasteiger charge is -2.23. The van der Waals surface area contributed by atoms with Gasteiger partial charge in [0.1, 0.15) is 18.0 Å². The highest BCUT2D eigenvalue weighted by atomic mass is 19.1. The van der Waals surface area contributed by atoms with E-state index < -0.39 is 6.10 Å². The quantitative estimate of drug-likeness (QED) is 0.435. The Morgan fingerprint density at radius 2 is 2.09 bits per heavy atom. The minimum absolute atomic E-state index is 0.0948. The van der Waals surface area contributed by atoms with E-state index >= 15 is 0 Å². The van der Waals surface area contributed by atoms with Crippen molar-refractivity contribution in [3.05, 3.63) is 70.9 Å². The molecule has 0 fully saturated rings. The Kier molecular flexibility index (Phi) is 4.71. The van der Waals surface area contributed by atoms with Gasteiger partial charge in [0.2, 0.25) is 5.88 Å². The molecule has 2 aliphatic rings. The molecule has 0 radical (unpaired) electrons. The number of aromatic nitrogens is 4. The molecule has 5 heterocycles. The van der Waals surface area contributed by atoms with E-state index in [1.54, 1.807) is 25.4 Å². The number of nitriles is 1. The number of nitrogen functional groups attached to an aromatic ring is 1. The minimum Gasteiger partial charge on any atom is -0.482 e. The predicted molar refractivity (Wildman–Crippen MR) is 126 cm³/mol. The van der Waals surface area contributed by atoms with Crippen LogP contribution in [0.4, 0.5) is 10.2 Å². The summed E-state index contributed by atoms with van der Waals surface area (Å²) in [4.78, 5) is 9.14. The molecule has 2 N–H and O–H groups in total. The van der Waals surface area contributed by atoms with Gasteiger partial charge in [-0.2, -0.15) is 10.4 Å². The minimum atomic E-state index is -0.568. The highest BCUT2D eigenvalue weighted by Crippen LogP contribution is 2.47. The van der Waals surface area contributed by atoms with Crippen LogP contribution in [0.25, 0.3) is 22.4 Å². The molecule has 0 amide bonds. The van der Waals surface area contributed by atoms with Crippen LogP contribution >= 0.6 is 0 Å². The summed E-state index contributed by atoms with van der Waals surface area (Å²) in [5, 5.41) is 14.5. The molecule has 2 atom stereocenters. The van der Waals surface area contributed by atoms with Crippen LogP contribution in [0.5, 0.6) is 11.6 Å². The number of hydrogen-bond donors (Lipinski definition) is 1. The molecule has 1 unspecified atom stereocenters. The van der Waals surface area contributed by atoms with Crippen molar-refractivity contribution in [3.63, 3.8) is 0 Å². The van der Waals surface area contributed by atoms with Crippen molar-refractivity contribution in [1.82, 2.24) is 19.7 Å². The lowest BCUT2D eigenvalue weighted by Crippen LogP contribution is -2.11. The summed E-state index contributed by atoms with van der Waals surface area (Å²) in [7, 11) is 1.56. The predicted octanol–water partition coefficient (Wildman–Crippen LogP) is 4.60. The molecule has 6 rings (SSSR count). The molecular weight excluding hydrogens is 447 g/mol. The fourth-order valence-corrected chi connectivity index (χ4v) is 5.14. The van der Waals surface area contributed by atoms with Crippen LogP contribution in [-0.2, 0) is 6.54 Å². The van der Waals surface area contributed by atoms with Crippen molar-refractivity contribution in [1.29, 1.82) is 5.26 Å². The maximum absolute atomic E-state index is 14.5. The molecule has 2 aliphatic heterocycles. The standard InChI is InChI=1S/C26H21FN6O2/c1-13-19-10-15(27)3-4-17(19)24-16(5-6-22(31-24)34-2)18-7-8-33-25(18)23(20(11-28)32-33)14-9-21(35-13)26(29)30-12-14/h3-6,9-10,12-13,18H,7-8H2,1-2H3,(H2,29,30)/t13-,18?/m1/s1. The fraction of sp³-hybridized carbons (Fsp3) is 0.231. The average Bonchev–Trinajstić information content (AvgIpc) is 3.43. The largest absolute Gasteiger partial charge is 0.482 e. The SMILES string of the molecule is COc1ccc2c(n1)-c1ccc(F)cc1[C@@H](C)Oc1cc(cnc1N)-c1c(C#N)nn3c1C2CC3. The monoisotopic (exact) mass is 468 g/mol. The van der Waals surface area contributed by atoms with Crippen LogP contribution in [0.2, 0.25) is 0 Å². The number of benzene rings is 1. The van der Waals surface area contributed by atoms with Gasteiger partial charge in [0.15, 0.2) is 17.3 Å². The highest BCUT2D eigenvalue weighted by Gasteiger charge is 2.35. The number of nitrogens with zero attached hydrogens (tertiary/aromatic N) is 5. The molecule has 174 valence electrons. The number of pyridine rings is 2. The number of ether oxygens (including phenoxy) is 2. The number of aryl methyl sites for hydroxylation is 1. The van der Waals surface area contributed by atoms with E-state index in [0.29, 0.717) is 46.3 Å². The molecular formula is C26H21FN6O2. The molecule has 0 spiro atoms. The first-order chi connectivity index (χ1) is 17.0. The Hall–Kier alpha value is -4.45. The number of nitrogens with two attached hydrogens (primary N) is 1. The van der Waals surface area contributed by atoms with E-state index in [2.05, 4.69) is 16.2 Å². The summed E-state index contributed by atoms with van der Waals surface area (Å²) < 4.78 is 28.0. The summed E-state index contributed by atoms with van der Waals surface area (Å²) in [5.74, 6) is 0.526. The molecule has 4 aromatic rings. The normalized spacial score (nSPS) is 17.7. The summed E-state index contributed by atoms with van der Waals surface area (Å²) in [6.07, 6.45) is 1.84. The van der Waals surface area contributed by atoms with E-state index in [9.17, 15) is 9.65 Å². The zero-order valence-corrected chi connectivity index (χ0v) is 19.1. The maximum atomic E-state index is 14.5. The van der Waals surface area contributed by atoms with Gasteiger partial charge in [-0.05, 0) is 43.2 Å². The molecule has 35 heavy (non-hydrogen) atoms. The number of halogens is 1. The van der Waals surface area contributed by atoms with E-state index in [0.717, 1.165) is 23.2 Å². The lowest BCUT2D eigenvalue weighted by molar-refractivity contribution is 0.227. The van der Waals surface area contributed by atoms with Crippen molar-refractivity contribution < 1.29 is 13.9 Å². The van der Waals surface area contributed by atoms with Gasteiger partial charge >= 0.3 is 0 Å².